The molecule has 0 saturated carbocycles. The van der Waals surface area contributed by atoms with E-state index in [-0.39, 0.29) is 0 Å². The fourth-order valence-corrected chi connectivity index (χ4v) is 1.61. The largest absolute Gasteiger partial charge is 0.481 e. The molecule has 5 nitrogen and oxygen atoms in total. The Morgan fingerprint density at radius 1 is 1.43 bits per heavy atom. The summed E-state index contributed by atoms with van der Waals surface area (Å²) in [5.74, 6) is 0.552. The number of nitrogen functional groups attached to an aromatic ring is 1. The van der Waals surface area contributed by atoms with Gasteiger partial charge in [-0.25, -0.2) is 4.98 Å². The molecule has 2 aromatic heterocycles. The number of nitrogens with two attached hydrogens (primary N) is 1. The Kier molecular flexibility index (Phi) is 2.28. The predicted molar refractivity (Wildman–Crippen MR) is 54.1 cm³/mol. The maximum absolute atomic E-state index is 5.48. The Morgan fingerprint density at radius 3 is 2.93 bits per heavy atom. The van der Waals surface area contributed by atoms with Gasteiger partial charge in [-0.05, 0) is 6.07 Å². The van der Waals surface area contributed by atoms with Crippen molar-refractivity contribution in [2.24, 2.45) is 0 Å². The number of aromatic nitrogens is 3. The minimum absolute atomic E-state index is 0.454. The first kappa shape index (κ1) is 8.89. The van der Waals surface area contributed by atoms with Crippen molar-refractivity contribution >= 4 is 16.5 Å². The molecule has 72 valence electrons. The Balaban J connectivity index is 2.41. The molecule has 0 atom stereocenters. The highest BCUT2D eigenvalue weighted by molar-refractivity contribution is 7.18. The number of hydrogen-bond acceptors (Lipinski definition) is 6. The normalized spacial score (nSPS) is 10.1. The van der Waals surface area contributed by atoms with E-state index >= 15 is 0 Å². The smallest absolute Gasteiger partial charge is 0.213 e. The summed E-state index contributed by atoms with van der Waals surface area (Å²) in [4.78, 5) is 3.99. The highest BCUT2D eigenvalue weighted by Crippen LogP contribution is 2.25. The van der Waals surface area contributed by atoms with Crippen LogP contribution in [0.25, 0.3) is 10.6 Å². The zero-order chi connectivity index (χ0) is 9.97. The first-order valence-corrected chi connectivity index (χ1v) is 4.70. The molecule has 0 spiro atoms. The molecule has 0 saturated heterocycles. The molecule has 14 heavy (non-hydrogen) atoms. The van der Waals surface area contributed by atoms with E-state index in [4.69, 9.17) is 10.5 Å². The van der Waals surface area contributed by atoms with Gasteiger partial charge in [-0.15, -0.1) is 10.2 Å². The van der Waals surface area contributed by atoms with E-state index in [1.165, 1.54) is 11.3 Å². The monoisotopic (exact) mass is 208 g/mol. The van der Waals surface area contributed by atoms with Crippen molar-refractivity contribution in [2.45, 2.75) is 0 Å². The van der Waals surface area contributed by atoms with Gasteiger partial charge in [0.15, 0.2) is 0 Å². The van der Waals surface area contributed by atoms with Crippen molar-refractivity contribution in [3.8, 4) is 16.5 Å². The molecule has 0 unspecified atom stereocenters. The second kappa shape index (κ2) is 3.59. The summed E-state index contributed by atoms with van der Waals surface area (Å²) in [6.45, 7) is 0. The van der Waals surface area contributed by atoms with Gasteiger partial charge in [-0.1, -0.05) is 11.3 Å². The average molecular weight is 208 g/mol. The third kappa shape index (κ3) is 1.64. The lowest BCUT2D eigenvalue weighted by atomic mass is 10.3. The number of hydrogen-bond donors (Lipinski definition) is 1. The molecular formula is C8H8N4OS. The summed E-state index contributed by atoms with van der Waals surface area (Å²) in [7, 11) is 1.57. The average Bonchev–Trinajstić information content (AvgIpc) is 2.65. The molecule has 0 aliphatic rings. The Morgan fingerprint density at radius 2 is 2.29 bits per heavy atom. The summed E-state index contributed by atoms with van der Waals surface area (Å²) in [5.41, 5.74) is 6.39. The molecule has 6 heteroatoms. The second-order valence-electron chi connectivity index (χ2n) is 2.53. The number of pyridine rings is 1. The zero-order valence-corrected chi connectivity index (χ0v) is 8.28. The first-order chi connectivity index (χ1) is 6.79. The fourth-order valence-electron chi connectivity index (χ4n) is 1.01. The molecule has 0 bridgehead atoms. The third-order valence-electron chi connectivity index (χ3n) is 1.63. The zero-order valence-electron chi connectivity index (χ0n) is 7.47. The number of methoxy groups -OCH3 is 1. The Labute approximate surface area is 84.6 Å². The molecule has 0 aromatic carbocycles. The Bertz CT molecular complexity index is 442. The van der Waals surface area contributed by atoms with Gasteiger partial charge in [0.1, 0.15) is 5.01 Å². The number of rotatable bonds is 2. The van der Waals surface area contributed by atoms with Crippen LogP contribution in [0.5, 0.6) is 5.88 Å². The highest BCUT2D eigenvalue weighted by Gasteiger charge is 2.05. The lowest BCUT2D eigenvalue weighted by molar-refractivity contribution is 0.398. The quantitative estimate of drug-likeness (QED) is 0.802. The van der Waals surface area contributed by atoms with E-state index in [9.17, 15) is 0 Å². The van der Waals surface area contributed by atoms with E-state index < -0.39 is 0 Å². The lowest BCUT2D eigenvalue weighted by Crippen LogP contribution is -1.87. The summed E-state index contributed by atoms with van der Waals surface area (Å²) in [5, 5.41) is 8.88. The van der Waals surface area contributed by atoms with Crippen LogP contribution in [0.15, 0.2) is 18.3 Å². The van der Waals surface area contributed by atoms with Gasteiger partial charge < -0.3 is 10.5 Å². The number of ether oxygens (including phenoxy) is 1. The summed E-state index contributed by atoms with van der Waals surface area (Å²) in [6, 6.07) is 3.63. The SMILES string of the molecule is COc1cc(-c2nnc(N)s2)ccn1. The van der Waals surface area contributed by atoms with Crippen molar-refractivity contribution in [3.63, 3.8) is 0 Å². The second-order valence-corrected chi connectivity index (χ2v) is 3.54. The van der Waals surface area contributed by atoms with Gasteiger partial charge in [0.05, 0.1) is 7.11 Å². The van der Waals surface area contributed by atoms with E-state index in [1.54, 1.807) is 19.4 Å². The highest BCUT2D eigenvalue weighted by atomic mass is 32.1. The molecule has 2 N–H and O–H groups in total. The molecule has 2 rings (SSSR count). The van der Waals surface area contributed by atoms with E-state index in [1.807, 2.05) is 6.07 Å². The van der Waals surface area contributed by atoms with Gasteiger partial charge >= 0.3 is 0 Å². The molecular weight excluding hydrogens is 200 g/mol. The van der Waals surface area contributed by atoms with Crippen LogP contribution in [0.4, 0.5) is 5.13 Å². The standard InChI is InChI=1S/C8H8N4OS/c1-13-6-4-5(2-3-10-6)7-11-12-8(9)14-7/h2-4H,1H3,(H2,9,12). The molecule has 0 fully saturated rings. The van der Waals surface area contributed by atoms with E-state index in [0.29, 0.717) is 11.0 Å². The lowest BCUT2D eigenvalue weighted by Gasteiger charge is -1.98. The molecule has 0 radical (unpaired) electrons. The van der Waals surface area contributed by atoms with Crippen molar-refractivity contribution < 1.29 is 4.74 Å². The Hall–Kier alpha value is -1.69. The fraction of sp³-hybridized carbons (Fsp3) is 0.125. The summed E-state index contributed by atoms with van der Waals surface area (Å²) < 4.78 is 5.00. The minimum atomic E-state index is 0.454. The summed E-state index contributed by atoms with van der Waals surface area (Å²) >= 11 is 1.33. The van der Waals surface area contributed by atoms with Crippen molar-refractivity contribution in [3.05, 3.63) is 18.3 Å². The molecule has 0 aliphatic heterocycles. The molecule has 2 aromatic rings. The minimum Gasteiger partial charge on any atom is -0.481 e. The van der Waals surface area contributed by atoms with Crippen molar-refractivity contribution in [2.75, 3.05) is 12.8 Å². The molecule has 0 aliphatic carbocycles. The maximum atomic E-state index is 5.48. The van der Waals surface area contributed by atoms with Crippen LogP contribution in [-0.2, 0) is 0 Å². The van der Waals surface area contributed by atoms with E-state index in [2.05, 4.69) is 15.2 Å². The van der Waals surface area contributed by atoms with Gasteiger partial charge in [0, 0.05) is 17.8 Å². The number of anilines is 1. The van der Waals surface area contributed by atoms with Crippen molar-refractivity contribution in [1.29, 1.82) is 0 Å². The predicted octanol–water partition coefficient (Wildman–Crippen LogP) is 1.19. The van der Waals surface area contributed by atoms with Crippen LogP contribution >= 0.6 is 11.3 Å². The first-order valence-electron chi connectivity index (χ1n) is 3.89. The van der Waals surface area contributed by atoms with E-state index in [0.717, 1.165) is 10.6 Å². The van der Waals surface area contributed by atoms with Crippen LogP contribution in [0.1, 0.15) is 0 Å². The van der Waals surface area contributed by atoms with Gasteiger partial charge in [-0.2, -0.15) is 0 Å². The van der Waals surface area contributed by atoms with Crippen LogP contribution in [-0.4, -0.2) is 22.3 Å². The van der Waals surface area contributed by atoms with Gasteiger partial charge in [0.25, 0.3) is 0 Å². The van der Waals surface area contributed by atoms with Crippen LogP contribution in [0, 0.1) is 0 Å². The number of nitrogens with zero attached hydrogens (tertiary/aromatic N) is 3. The van der Waals surface area contributed by atoms with Crippen molar-refractivity contribution in [1.82, 2.24) is 15.2 Å². The van der Waals surface area contributed by atoms with Gasteiger partial charge in [0.2, 0.25) is 11.0 Å². The molecule has 2 heterocycles. The van der Waals surface area contributed by atoms with Crippen LogP contribution in [0.3, 0.4) is 0 Å². The topological polar surface area (TPSA) is 73.9 Å². The van der Waals surface area contributed by atoms with Crippen LogP contribution in [0.2, 0.25) is 0 Å². The summed E-state index contributed by atoms with van der Waals surface area (Å²) in [6.07, 6.45) is 1.66. The molecule has 0 amide bonds. The van der Waals surface area contributed by atoms with Crippen LogP contribution < -0.4 is 10.5 Å². The third-order valence-corrected chi connectivity index (χ3v) is 2.43. The maximum Gasteiger partial charge on any atom is 0.213 e. The van der Waals surface area contributed by atoms with Gasteiger partial charge in [-0.3, -0.25) is 0 Å².